The number of nitrogens with two attached hydrogens (primary N) is 1. The second-order valence-corrected chi connectivity index (χ2v) is 3.49. The van der Waals surface area contributed by atoms with E-state index in [2.05, 4.69) is 13.8 Å². The van der Waals surface area contributed by atoms with Crippen LogP contribution in [0.1, 0.15) is 33.1 Å². The van der Waals surface area contributed by atoms with Gasteiger partial charge in [0.1, 0.15) is 0 Å². The Morgan fingerprint density at radius 2 is 2.33 bits per heavy atom. The minimum Gasteiger partial charge on any atom is -0.330 e. The van der Waals surface area contributed by atoms with Gasteiger partial charge in [-0.25, -0.2) is 0 Å². The summed E-state index contributed by atoms with van der Waals surface area (Å²) in [7, 11) is 0. The Kier molecular flexibility index (Phi) is 1.80. The van der Waals surface area contributed by atoms with Gasteiger partial charge < -0.3 is 5.73 Å². The van der Waals surface area contributed by atoms with Gasteiger partial charge in [0.25, 0.3) is 0 Å². The molecule has 0 amide bonds. The van der Waals surface area contributed by atoms with Crippen molar-refractivity contribution >= 4 is 0 Å². The van der Waals surface area contributed by atoms with Crippen molar-refractivity contribution in [2.45, 2.75) is 33.1 Å². The van der Waals surface area contributed by atoms with Crippen molar-refractivity contribution in [3.8, 4) is 0 Å². The lowest BCUT2D eigenvalue weighted by Gasteiger charge is -2.04. The molecule has 2 unspecified atom stereocenters. The molecule has 1 rings (SSSR count). The molecule has 1 nitrogen and oxygen atoms in total. The molecular weight excluding hydrogens is 110 g/mol. The van der Waals surface area contributed by atoms with E-state index in [9.17, 15) is 0 Å². The molecule has 1 saturated carbocycles. The van der Waals surface area contributed by atoms with Gasteiger partial charge in [0.05, 0.1) is 0 Å². The quantitative estimate of drug-likeness (QED) is 0.614. The number of hydrogen-bond acceptors (Lipinski definition) is 1. The SMILES string of the molecule is CCC1(C)CC1CCN. The standard InChI is InChI=1S/C8H17N/c1-3-8(2)6-7(8)4-5-9/h7H,3-6,9H2,1-2H3. The van der Waals surface area contributed by atoms with Crippen molar-refractivity contribution in [2.24, 2.45) is 17.1 Å². The van der Waals surface area contributed by atoms with Gasteiger partial charge in [-0.15, -0.1) is 0 Å². The molecule has 2 N–H and O–H groups in total. The second kappa shape index (κ2) is 2.30. The summed E-state index contributed by atoms with van der Waals surface area (Å²) < 4.78 is 0. The third kappa shape index (κ3) is 1.26. The highest BCUT2D eigenvalue weighted by molar-refractivity contribution is 4.97. The molecular formula is C8H17N. The van der Waals surface area contributed by atoms with E-state index in [0.29, 0.717) is 5.41 Å². The first-order valence-electron chi connectivity index (χ1n) is 3.93. The minimum absolute atomic E-state index is 0.680. The molecule has 0 radical (unpaired) electrons. The van der Waals surface area contributed by atoms with Crippen LogP contribution in [-0.2, 0) is 0 Å². The second-order valence-electron chi connectivity index (χ2n) is 3.49. The van der Waals surface area contributed by atoms with Gasteiger partial charge in [0.15, 0.2) is 0 Å². The molecule has 54 valence electrons. The number of rotatable bonds is 3. The molecule has 1 heteroatoms. The molecule has 1 aliphatic rings. The van der Waals surface area contributed by atoms with Crippen LogP contribution >= 0.6 is 0 Å². The molecule has 1 fully saturated rings. The van der Waals surface area contributed by atoms with E-state index < -0.39 is 0 Å². The molecule has 0 aromatic rings. The Balaban J connectivity index is 2.22. The predicted molar refractivity (Wildman–Crippen MR) is 40.2 cm³/mol. The van der Waals surface area contributed by atoms with Crippen molar-refractivity contribution in [1.82, 2.24) is 0 Å². The molecule has 2 atom stereocenters. The fourth-order valence-electron chi connectivity index (χ4n) is 1.59. The monoisotopic (exact) mass is 127 g/mol. The van der Waals surface area contributed by atoms with Crippen LogP contribution in [0.25, 0.3) is 0 Å². The van der Waals surface area contributed by atoms with Crippen LogP contribution in [0.2, 0.25) is 0 Å². The average Bonchev–Trinajstić information content (AvgIpc) is 2.46. The van der Waals surface area contributed by atoms with Crippen LogP contribution in [0.15, 0.2) is 0 Å². The highest BCUT2D eigenvalue weighted by Crippen LogP contribution is 2.56. The molecule has 0 aromatic heterocycles. The highest BCUT2D eigenvalue weighted by atomic mass is 14.6. The molecule has 1 aliphatic carbocycles. The lowest BCUT2D eigenvalue weighted by molar-refractivity contribution is 0.471. The Morgan fingerprint density at radius 3 is 2.67 bits per heavy atom. The van der Waals surface area contributed by atoms with Crippen LogP contribution in [0.4, 0.5) is 0 Å². The molecule has 0 spiro atoms. The molecule has 0 bridgehead atoms. The van der Waals surface area contributed by atoms with E-state index in [1.54, 1.807) is 0 Å². The summed E-state index contributed by atoms with van der Waals surface area (Å²) in [4.78, 5) is 0. The average molecular weight is 127 g/mol. The summed E-state index contributed by atoms with van der Waals surface area (Å²) in [6.45, 7) is 5.52. The van der Waals surface area contributed by atoms with Crippen LogP contribution in [0.5, 0.6) is 0 Å². The van der Waals surface area contributed by atoms with E-state index in [1.807, 2.05) is 0 Å². The fraction of sp³-hybridized carbons (Fsp3) is 1.00. The molecule has 0 aromatic carbocycles. The van der Waals surface area contributed by atoms with Crippen LogP contribution in [0, 0.1) is 11.3 Å². The first-order valence-corrected chi connectivity index (χ1v) is 3.93. The van der Waals surface area contributed by atoms with Gasteiger partial charge in [-0.2, -0.15) is 0 Å². The molecule has 9 heavy (non-hydrogen) atoms. The summed E-state index contributed by atoms with van der Waals surface area (Å²) >= 11 is 0. The van der Waals surface area contributed by atoms with Crippen LogP contribution in [-0.4, -0.2) is 6.54 Å². The van der Waals surface area contributed by atoms with E-state index in [1.165, 1.54) is 19.3 Å². The van der Waals surface area contributed by atoms with Gasteiger partial charge in [-0.05, 0) is 30.7 Å². The summed E-state index contributed by atoms with van der Waals surface area (Å²) in [6.07, 6.45) is 3.99. The van der Waals surface area contributed by atoms with Gasteiger partial charge >= 0.3 is 0 Å². The maximum absolute atomic E-state index is 5.45. The van der Waals surface area contributed by atoms with E-state index in [-0.39, 0.29) is 0 Å². The molecule has 0 saturated heterocycles. The van der Waals surface area contributed by atoms with Gasteiger partial charge in [-0.1, -0.05) is 20.3 Å². The lowest BCUT2D eigenvalue weighted by atomic mass is 10.0. The first-order chi connectivity index (χ1) is 4.23. The zero-order valence-corrected chi connectivity index (χ0v) is 6.48. The molecule has 0 aliphatic heterocycles. The van der Waals surface area contributed by atoms with Crippen LogP contribution in [0.3, 0.4) is 0 Å². The predicted octanol–water partition coefficient (Wildman–Crippen LogP) is 1.77. The van der Waals surface area contributed by atoms with E-state index in [0.717, 1.165) is 12.5 Å². The Hall–Kier alpha value is -0.0400. The minimum atomic E-state index is 0.680. The van der Waals surface area contributed by atoms with Crippen molar-refractivity contribution in [2.75, 3.05) is 6.54 Å². The largest absolute Gasteiger partial charge is 0.330 e. The van der Waals surface area contributed by atoms with Crippen molar-refractivity contribution in [1.29, 1.82) is 0 Å². The summed E-state index contributed by atoms with van der Waals surface area (Å²) in [6, 6.07) is 0. The zero-order valence-electron chi connectivity index (χ0n) is 6.48. The maximum atomic E-state index is 5.45. The Labute approximate surface area is 57.6 Å². The summed E-state index contributed by atoms with van der Waals surface area (Å²) in [5.41, 5.74) is 6.13. The topological polar surface area (TPSA) is 26.0 Å². The van der Waals surface area contributed by atoms with E-state index in [4.69, 9.17) is 5.73 Å². The van der Waals surface area contributed by atoms with Crippen molar-refractivity contribution in [3.63, 3.8) is 0 Å². The zero-order chi connectivity index (χ0) is 6.91. The number of hydrogen-bond donors (Lipinski definition) is 1. The molecule has 0 heterocycles. The van der Waals surface area contributed by atoms with E-state index >= 15 is 0 Å². The van der Waals surface area contributed by atoms with Crippen molar-refractivity contribution < 1.29 is 0 Å². The Bertz CT molecular complexity index is 98.7. The van der Waals surface area contributed by atoms with Crippen molar-refractivity contribution in [3.05, 3.63) is 0 Å². The van der Waals surface area contributed by atoms with Gasteiger partial charge in [0, 0.05) is 0 Å². The van der Waals surface area contributed by atoms with Crippen LogP contribution < -0.4 is 5.73 Å². The summed E-state index contributed by atoms with van der Waals surface area (Å²) in [5.74, 6) is 0.951. The maximum Gasteiger partial charge on any atom is -0.00744 e. The summed E-state index contributed by atoms with van der Waals surface area (Å²) in [5, 5.41) is 0. The Morgan fingerprint density at radius 1 is 1.67 bits per heavy atom. The third-order valence-electron chi connectivity index (χ3n) is 2.86. The smallest absolute Gasteiger partial charge is 0.00744 e. The third-order valence-corrected chi connectivity index (χ3v) is 2.86. The van der Waals surface area contributed by atoms with Gasteiger partial charge in [0.2, 0.25) is 0 Å². The normalized spacial score (nSPS) is 41.0. The first kappa shape index (κ1) is 7.07. The van der Waals surface area contributed by atoms with Gasteiger partial charge in [-0.3, -0.25) is 0 Å². The highest BCUT2D eigenvalue weighted by Gasteiger charge is 2.46. The lowest BCUT2D eigenvalue weighted by Crippen LogP contribution is -2.03. The fourth-order valence-corrected chi connectivity index (χ4v) is 1.59.